The molecule has 0 saturated heterocycles. The van der Waals surface area contributed by atoms with Crippen LogP contribution in [-0.2, 0) is 5.41 Å². The SMILES string of the molecule is CC1(C)c2ccccc2-c2ccc(-c3ccc(-c4c5ccccc5c(-c5ccc6c(c5)[Si]5(c7ccccc7-c7ccccc75)c5ccccc5-6)c5ccccc45)cc3)cc21. The van der Waals surface area contributed by atoms with Crippen molar-refractivity contribution in [2.45, 2.75) is 19.3 Å². The molecule has 10 aromatic rings. The standard InChI is InChI=1S/C59H40Si/c1-59(2)51-23-11-7-15-41(51)42-33-31-39(35-52(42)59)37-27-29-38(30-28-37)57-47-19-3-5-21-49(47)58(50-22-6-4-20-48(50)57)40-32-34-46-45-18-10-14-26-55(45)60(56(46)36-40)53-24-12-8-16-43(53)44-17-9-13-25-54(44)60/h3-36H,1-2H3. The van der Waals surface area contributed by atoms with Crippen molar-refractivity contribution in [3.63, 3.8) is 0 Å². The van der Waals surface area contributed by atoms with Crippen molar-refractivity contribution >= 4 is 50.4 Å². The fourth-order valence-electron chi connectivity index (χ4n) is 11.7. The van der Waals surface area contributed by atoms with Gasteiger partial charge in [0, 0.05) is 5.41 Å². The lowest BCUT2D eigenvalue weighted by Crippen LogP contribution is -2.70. The van der Waals surface area contributed by atoms with E-state index in [0.29, 0.717) is 0 Å². The lowest BCUT2D eigenvalue weighted by atomic mass is 9.81. The highest BCUT2D eigenvalue weighted by molar-refractivity contribution is 7.24. The van der Waals surface area contributed by atoms with Gasteiger partial charge in [0.1, 0.15) is 0 Å². The summed E-state index contributed by atoms with van der Waals surface area (Å²) < 4.78 is 0. The highest BCUT2D eigenvalue weighted by Crippen LogP contribution is 2.50. The molecule has 0 atom stereocenters. The average Bonchev–Trinajstić information content (AvgIpc) is 3.86. The van der Waals surface area contributed by atoms with Crippen LogP contribution in [0.1, 0.15) is 25.0 Å². The van der Waals surface area contributed by atoms with Crippen LogP contribution < -0.4 is 20.7 Å². The van der Waals surface area contributed by atoms with E-state index < -0.39 is 8.07 Å². The predicted molar refractivity (Wildman–Crippen MR) is 257 cm³/mol. The molecule has 0 aromatic heterocycles. The second-order valence-corrected chi connectivity index (χ2v) is 21.2. The summed E-state index contributed by atoms with van der Waals surface area (Å²) >= 11 is 0. The minimum atomic E-state index is -2.58. The maximum atomic E-state index is 2.60. The summed E-state index contributed by atoms with van der Waals surface area (Å²) in [6.45, 7) is 4.72. The quantitative estimate of drug-likeness (QED) is 0.124. The number of benzene rings is 10. The molecule has 13 rings (SSSR count). The predicted octanol–water partition coefficient (Wildman–Crippen LogP) is 12.6. The third-order valence-electron chi connectivity index (χ3n) is 14.3. The van der Waals surface area contributed by atoms with Gasteiger partial charge in [-0.25, -0.2) is 0 Å². The van der Waals surface area contributed by atoms with Crippen LogP contribution in [0.2, 0.25) is 0 Å². The van der Waals surface area contributed by atoms with Crippen molar-refractivity contribution in [1.29, 1.82) is 0 Å². The molecule has 0 unspecified atom stereocenters. The van der Waals surface area contributed by atoms with Crippen LogP contribution in [0, 0.1) is 0 Å². The van der Waals surface area contributed by atoms with Crippen molar-refractivity contribution in [2.75, 3.05) is 0 Å². The zero-order valence-electron chi connectivity index (χ0n) is 33.6. The van der Waals surface area contributed by atoms with Crippen molar-refractivity contribution in [1.82, 2.24) is 0 Å². The van der Waals surface area contributed by atoms with Gasteiger partial charge in [-0.2, -0.15) is 0 Å². The summed E-state index contributed by atoms with van der Waals surface area (Å²) in [4.78, 5) is 0. The Bertz CT molecular complexity index is 3340. The normalized spacial score (nSPS) is 14.4. The Balaban J connectivity index is 0.988. The van der Waals surface area contributed by atoms with E-state index in [0.717, 1.165) is 0 Å². The zero-order chi connectivity index (χ0) is 39.7. The molecule has 1 heteroatoms. The average molecular weight is 777 g/mol. The molecule has 1 spiro atoms. The molecule has 60 heavy (non-hydrogen) atoms. The molecule has 3 aliphatic rings. The second-order valence-electron chi connectivity index (χ2n) is 17.5. The van der Waals surface area contributed by atoms with E-state index in [4.69, 9.17) is 0 Å². The minimum absolute atomic E-state index is 0.0287. The Kier molecular flexibility index (Phi) is 6.91. The monoisotopic (exact) mass is 776 g/mol. The summed E-state index contributed by atoms with van der Waals surface area (Å²) in [5, 5.41) is 11.2. The first-order valence-corrected chi connectivity index (χ1v) is 23.3. The molecule has 2 aliphatic heterocycles. The van der Waals surface area contributed by atoms with Gasteiger partial charge < -0.3 is 0 Å². The summed E-state index contributed by atoms with van der Waals surface area (Å²) in [6, 6.07) is 78.6. The molecule has 1 aliphatic carbocycles. The van der Waals surface area contributed by atoms with Gasteiger partial charge in [-0.3, -0.25) is 0 Å². The highest BCUT2D eigenvalue weighted by atomic mass is 28.3. The van der Waals surface area contributed by atoms with Crippen LogP contribution in [-0.4, -0.2) is 8.07 Å². The largest absolute Gasteiger partial charge is 0.182 e. The number of hydrogen-bond acceptors (Lipinski definition) is 0. The third-order valence-corrected chi connectivity index (χ3v) is 19.3. The van der Waals surface area contributed by atoms with Gasteiger partial charge in [-0.1, -0.05) is 214 Å². The molecule has 0 fully saturated rings. The van der Waals surface area contributed by atoms with Gasteiger partial charge in [0.15, 0.2) is 8.07 Å². The molecule has 10 aromatic carbocycles. The number of rotatable bonds is 3. The van der Waals surface area contributed by atoms with Crippen molar-refractivity contribution in [3.05, 3.63) is 217 Å². The Morgan fingerprint density at radius 3 is 1.23 bits per heavy atom. The minimum Gasteiger partial charge on any atom is -0.0623 e. The second kappa shape index (κ2) is 12.2. The third kappa shape index (κ3) is 4.35. The van der Waals surface area contributed by atoms with Gasteiger partial charge in [-0.15, -0.1) is 0 Å². The zero-order valence-corrected chi connectivity index (χ0v) is 34.6. The Morgan fingerprint density at radius 2 is 0.667 bits per heavy atom. The molecule has 0 saturated carbocycles. The maximum absolute atomic E-state index is 2.60. The summed E-state index contributed by atoms with van der Waals surface area (Å²) in [5.41, 5.74) is 18.7. The Morgan fingerprint density at radius 1 is 0.283 bits per heavy atom. The molecule has 0 bridgehead atoms. The van der Waals surface area contributed by atoms with Gasteiger partial charge in [0.25, 0.3) is 0 Å². The molecular weight excluding hydrogens is 737 g/mol. The van der Waals surface area contributed by atoms with E-state index in [1.807, 2.05) is 0 Å². The first-order valence-electron chi connectivity index (χ1n) is 21.3. The summed E-state index contributed by atoms with van der Waals surface area (Å²) in [6.07, 6.45) is 0. The summed E-state index contributed by atoms with van der Waals surface area (Å²) in [5.74, 6) is 0. The number of hydrogen-bond donors (Lipinski definition) is 0. The molecule has 0 amide bonds. The molecular formula is C59H40Si. The molecule has 0 radical (unpaired) electrons. The fourth-order valence-corrected chi connectivity index (χ4v) is 17.4. The van der Waals surface area contributed by atoms with Gasteiger partial charge in [0.05, 0.1) is 0 Å². The molecule has 280 valence electrons. The van der Waals surface area contributed by atoms with E-state index in [-0.39, 0.29) is 5.41 Å². The lowest BCUT2D eigenvalue weighted by Gasteiger charge is -2.28. The Hall–Kier alpha value is -7.06. The lowest BCUT2D eigenvalue weighted by molar-refractivity contribution is 0.660. The first kappa shape index (κ1) is 33.9. The van der Waals surface area contributed by atoms with E-state index in [1.165, 1.54) is 120 Å². The van der Waals surface area contributed by atoms with E-state index in [9.17, 15) is 0 Å². The molecule has 2 heterocycles. The molecule has 0 nitrogen and oxygen atoms in total. The van der Waals surface area contributed by atoms with E-state index >= 15 is 0 Å². The van der Waals surface area contributed by atoms with Crippen molar-refractivity contribution in [3.8, 4) is 66.8 Å². The highest BCUT2D eigenvalue weighted by Gasteiger charge is 2.53. The summed E-state index contributed by atoms with van der Waals surface area (Å²) in [7, 11) is -2.58. The van der Waals surface area contributed by atoms with Crippen molar-refractivity contribution in [2.24, 2.45) is 0 Å². The van der Waals surface area contributed by atoms with Crippen LogP contribution in [0.25, 0.3) is 88.3 Å². The van der Waals surface area contributed by atoms with Gasteiger partial charge >= 0.3 is 0 Å². The van der Waals surface area contributed by atoms with Crippen molar-refractivity contribution < 1.29 is 0 Å². The topological polar surface area (TPSA) is 0 Å². The number of fused-ring (bicyclic) bond motifs is 15. The first-order chi connectivity index (χ1) is 29.5. The molecule has 0 N–H and O–H groups in total. The smallest absolute Gasteiger partial charge is 0.0623 e. The van der Waals surface area contributed by atoms with Gasteiger partial charge in [-0.05, 0) is 126 Å². The fraction of sp³-hybridized carbons (Fsp3) is 0.0508. The van der Waals surface area contributed by atoms with Crippen LogP contribution in [0.4, 0.5) is 0 Å². The maximum Gasteiger partial charge on any atom is 0.182 e. The van der Waals surface area contributed by atoms with E-state index in [1.54, 1.807) is 0 Å². The van der Waals surface area contributed by atoms with Crippen LogP contribution in [0.15, 0.2) is 206 Å². The Labute approximate surface area is 352 Å². The van der Waals surface area contributed by atoms with Crippen LogP contribution in [0.3, 0.4) is 0 Å². The van der Waals surface area contributed by atoms with E-state index in [2.05, 4.69) is 220 Å². The van der Waals surface area contributed by atoms with Crippen LogP contribution in [0.5, 0.6) is 0 Å². The van der Waals surface area contributed by atoms with Crippen LogP contribution >= 0.6 is 0 Å². The van der Waals surface area contributed by atoms with Gasteiger partial charge in [0.2, 0.25) is 0 Å².